The van der Waals surface area contributed by atoms with Crippen LogP contribution in [-0.2, 0) is 16.2 Å². The Bertz CT molecular complexity index is 847. The normalized spacial score (nSPS) is 19.8. The molecule has 7 nitrogen and oxygen atoms in total. The first-order valence-electron chi connectivity index (χ1n) is 9.63. The molecule has 1 saturated heterocycles. The molecule has 0 saturated carbocycles. The summed E-state index contributed by atoms with van der Waals surface area (Å²) in [6.45, 7) is 4.44. The van der Waals surface area contributed by atoms with Crippen molar-refractivity contribution in [2.24, 2.45) is 5.16 Å². The van der Waals surface area contributed by atoms with Gasteiger partial charge in [-0.3, -0.25) is 4.79 Å². The molecule has 0 radical (unpaired) electrons. The summed E-state index contributed by atoms with van der Waals surface area (Å²) in [5, 5.41) is 6.93. The van der Waals surface area contributed by atoms with E-state index in [1.807, 2.05) is 42.5 Å². The van der Waals surface area contributed by atoms with E-state index in [-0.39, 0.29) is 12.0 Å². The number of amides is 1. The van der Waals surface area contributed by atoms with Gasteiger partial charge in [-0.25, -0.2) is 4.98 Å². The summed E-state index contributed by atoms with van der Waals surface area (Å²) < 4.78 is 0. The minimum atomic E-state index is -0.188. The first-order chi connectivity index (χ1) is 13.7. The molecular formula is C21H25N5O2. The topological polar surface area (TPSA) is 70.1 Å². The van der Waals surface area contributed by atoms with Crippen LogP contribution in [0, 0.1) is 0 Å². The Labute approximate surface area is 165 Å². The predicted octanol–water partition coefficient (Wildman–Crippen LogP) is 1.97. The number of anilines is 1. The van der Waals surface area contributed by atoms with Gasteiger partial charge in [0.25, 0.3) is 5.91 Å². The van der Waals surface area contributed by atoms with Crippen LogP contribution in [0.2, 0.25) is 0 Å². The van der Waals surface area contributed by atoms with Crippen LogP contribution in [0.5, 0.6) is 0 Å². The smallest absolute Gasteiger partial charge is 0.269 e. The number of nitrogens with zero attached hydrogens (tertiary/aromatic N) is 4. The van der Waals surface area contributed by atoms with Gasteiger partial charge in [-0.2, -0.15) is 0 Å². The third-order valence-corrected chi connectivity index (χ3v) is 5.19. The van der Waals surface area contributed by atoms with Gasteiger partial charge in [0.15, 0.2) is 6.10 Å². The number of nitrogens with one attached hydrogen (secondary N) is 1. The van der Waals surface area contributed by atoms with Crippen molar-refractivity contribution in [3.8, 4) is 0 Å². The van der Waals surface area contributed by atoms with E-state index in [9.17, 15) is 4.79 Å². The van der Waals surface area contributed by atoms with Crippen LogP contribution in [0.1, 0.15) is 23.7 Å². The zero-order chi connectivity index (χ0) is 19.3. The second-order valence-corrected chi connectivity index (χ2v) is 7.24. The van der Waals surface area contributed by atoms with Crippen molar-refractivity contribution < 1.29 is 9.63 Å². The van der Waals surface area contributed by atoms with Crippen molar-refractivity contribution in [1.29, 1.82) is 0 Å². The van der Waals surface area contributed by atoms with Crippen LogP contribution in [0.4, 0.5) is 5.82 Å². The van der Waals surface area contributed by atoms with Crippen LogP contribution in [0.3, 0.4) is 0 Å². The van der Waals surface area contributed by atoms with Gasteiger partial charge in [-0.05, 0) is 30.3 Å². The summed E-state index contributed by atoms with van der Waals surface area (Å²) >= 11 is 0. The van der Waals surface area contributed by atoms with Crippen molar-refractivity contribution in [3.05, 3.63) is 59.8 Å². The van der Waals surface area contributed by atoms with Crippen molar-refractivity contribution >= 4 is 17.4 Å². The lowest BCUT2D eigenvalue weighted by molar-refractivity contribution is -0.115. The molecule has 1 aromatic heterocycles. The summed E-state index contributed by atoms with van der Waals surface area (Å²) in [4.78, 5) is 27.0. The first kappa shape index (κ1) is 18.4. The molecule has 1 amide bonds. The van der Waals surface area contributed by atoms with Crippen LogP contribution in [0.15, 0.2) is 53.8 Å². The molecule has 28 heavy (non-hydrogen) atoms. The van der Waals surface area contributed by atoms with Gasteiger partial charge in [0, 0.05) is 45.3 Å². The number of likely N-dealkylation sites (N-methyl/N-ethyl adjacent to an activating group) is 1. The summed E-state index contributed by atoms with van der Waals surface area (Å²) in [7, 11) is 2.13. The Morgan fingerprint density at radius 1 is 1.18 bits per heavy atom. The molecule has 1 atom stereocenters. The van der Waals surface area contributed by atoms with Gasteiger partial charge in [-0.1, -0.05) is 35.5 Å². The zero-order valence-electron chi connectivity index (χ0n) is 16.0. The fraction of sp³-hybridized carbons (Fsp3) is 0.381. The van der Waals surface area contributed by atoms with E-state index >= 15 is 0 Å². The number of pyridine rings is 1. The molecular weight excluding hydrogens is 354 g/mol. The predicted molar refractivity (Wildman–Crippen MR) is 108 cm³/mol. The number of benzene rings is 1. The largest absolute Gasteiger partial charge is 0.387 e. The number of aromatic nitrogens is 1. The van der Waals surface area contributed by atoms with E-state index < -0.39 is 0 Å². The monoisotopic (exact) mass is 379 g/mol. The average Bonchev–Trinajstić information content (AvgIpc) is 3.24. The molecule has 0 aliphatic carbocycles. The number of hydrogen-bond donors (Lipinski definition) is 1. The number of hydrogen-bond acceptors (Lipinski definition) is 6. The van der Waals surface area contributed by atoms with Crippen molar-refractivity contribution in [2.45, 2.75) is 19.1 Å². The van der Waals surface area contributed by atoms with Gasteiger partial charge >= 0.3 is 0 Å². The van der Waals surface area contributed by atoms with Gasteiger partial charge < -0.3 is 20.0 Å². The molecule has 2 aromatic rings. The fourth-order valence-electron chi connectivity index (χ4n) is 3.42. The first-order valence-corrected chi connectivity index (χ1v) is 9.63. The average molecular weight is 379 g/mol. The number of oxime groups is 1. The molecule has 146 valence electrons. The third-order valence-electron chi connectivity index (χ3n) is 5.19. The minimum absolute atomic E-state index is 0.184. The van der Waals surface area contributed by atoms with Gasteiger partial charge in [-0.15, -0.1) is 0 Å². The van der Waals surface area contributed by atoms with Crippen LogP contribution in [-0.4, -0.2) is 54.7 Å². The summed E-state index contributed by atoms with van der Waals surface area (Å²) in [5.74, 6) is 0.780. The van der Waals surface area contributed by atoms with Crippen LogP contribution in [0.25, 0.3) is 0 Å². The highest BCUT2D eigenvalue weighted by molar-refractivity contribution is 6.39. The Hall–Kier alpha value is -2.93. The highest BCUT2D eigenvalue weighted by Gasteiger charge is 2.27. The Balaban J connectivity index is 1.31. The molecule has 2 aliphatic rings. The molecule has 0 bridgehead atoms. The van der Waals surface area contributed by atoms with Gasteiger partial charge in [0.05, 0.1) is 0 Å². The SMILES string of the molecule is CN1CCN(c2cc(CNC(=O)C3=NOC(c4ccccc4)C3)ccn2)CC1. The second-order valence-electron chi connectivity index (χ2n) is 7.24. The molecule has 3 heterocycles. The maximum Gasteiger partial charge on any atom is 0.269 e. The highest BCUT2D eigenvalue weighted by atomic mass is 16.6. The third kappa shape index (κ3) is 4.31. The lowest BCUT2D eigenvalue weighted by Gasteiger charge is -2.33. The molecule has 1 fully saturated rings. The molecule has 0 spiro atoms. The zero-order valence-corrected chi connectivity index (χ0v) is 16.0. The second kappa shape index (κ2) is 8.39. The molecule has 1 N–H and O–H groups in total. The van der Waals surface area contributed by atoms with E-state index in [0.717, 1.165) is 43.1 Å². The minimum Gasteiger partial charge on any atom is -0.387 e. The molecule has 7 heteroatoms. The van der Waals surface area contributed by atoms with Crippen molar-refractivity contribution in [2.75, 3.05) is 38.1 Å². The van der Waals surface area contributed by atoms with Gasteiger partial charge in [0.1, 0.15) is 11.5 Å². The molecule has 1 unspecified atom stereocenters. The highest BCUT2D eigenvalue weighted by Crippen LogP contribution is 2.26. The molecule has 1 aromatic carbocycles. The van der Waals surface area contributed by atoms with E-state index in [2.05, 4.69) is 32.3 Å². The number of carbonyl (C=O) groups excluding carboxylic acids is 1. The number of carbonyl (C=O) groups is 1. The standard InChI is InChI=1S/C21H25N5O2/c1-25-9-11-26(12-10-25)20-13-16(7-8-22-20)15-23-21(27)18-14-19(28-24-18)17-5-3-2-4-6-17/h2-8,13,19H,9-12,14-15H2,1H3,(H,23,27). The van der Waals surface area contributed by atoms with E-state index in [1.54, 1.807) is 6.20 Å². The fourth-order valence-corrected chi connectivity index (χ4v) is 3.42. The van der Waals surface area contributed by atoms with E-state index in [0.29, 0.717) is 18.7 Å². The summed E-state index contributed by atoms with van der Waals surface area (Å²) in [5.41, 5.74) is 2.48. The summed E-state index contributed by atoms with van der Waals surface area (Å²) in [6.07, 6.45) is 2.10. The van der Waals surface area contributed by atoms with Crippen molar-refractivity contribution in [1.82, 2.24) is 15.2 Å². The lowest BCUT2D eigenvalue weighted by Crippen LogP contribution is -2.44. The lowest BCUT2D eigenvalue weighted by atomic mass is 10.0. The Kier molecular flexibility index (Phi) is 5.53. The molecule has 4 rings (SSSR count). The maximum atomic E-state index is 12.5. The van der Waals surface area contributed by atoms with Crippen molar-refractivity contribution in [3.63, 3.8) is 0 Å². The van der Waals surface area contributed by atoms with Gasteiger partial charge in [0.2, 0.25) is 0 Å². The summed E-state index contributed by atoms with van der Waals surface area (Å²) in [6, 6.07) is 13.8. The van der Waals surface area contributed by atoms with Crippen LogP contribution >= 0.6 is 0 Å². The van der Waals surface area contributed by atoms with E-state index in [1.165, 1.54) is 0 Å². The Morgan fingerprint density at radius 3 is 2.75 bits per heavy atom. The molecule has 2 aliphatic heterocycles. The quantitative estimate of drug-likeness (QED) is 0.860. The maximum absolute atomic E-state index is 12.5. The number of piperazine rings is 1. The van der Waals surface area contributed by atoms with Crippen LogP contribution < -0.4 is 10.2 Å². The Morgan fingerprint density at radius 2 is 1.96 bits per heavy atom. The van der Waals surface area contributed by atoms with E-state index in [4.69, 9.17) is 4.84 Å². The number of rotatable bonds is 5.